The molecule has 92 valence electrons. The van der Waals surface area contributed by atoms with Crippen molar-refractivity contribution in [2.75, 3.05) is 5.73 Å². The molecule has 5 heteroatoms. The van der Waals surface area contributed by atoms with E-state index < -0.39 is 4.83 Å². The van der Waals surface area contributed by atoms with Gasteiger partial charge in [0.15, 0.2) is 5.78 Å². The molecule has 1 atom stereocenters. The van der Waals surface area contributed by atoms with Crippen molar-refractivity contribution < 1.29 is 4.79 Å². The number of alkyl halides is 1. The zero-order valence-corrected chi connectivity index (χ0v) is 11.6. The number of carbonyl (C=O) groups is 1. The molecular weight excluding hydrogens is 316 g/mol. The standard InChI is InChI=1S/C13H10BrClN2O/c14-12(9-5-6-17-11(16)7-9)13(18)8-1-3-10(15)4-2-8/h1-7,12H,(H2,16,17)/t12-/m0/s1. The van der Waals surface area contributed by atoms with Gasteiger partial charge in [-0.3, -0.25) is 4.79 Å². The highest BCUT2D eigenvalue weighted by Crippen LogP contribution is 2.28. The fraction of sp³-hybridized carbons (Fsp3) is 0.0769. The van der Waals surface area contributed by atoms with E-state index in [1.165, 1.54) is 0 Å². The summed E-state index contributed by atoms with van der Waals surface area (Å²) in [6.45, 7) is 0. The molecular formula is C13H10BrClN2O. The van der Waals surface area contributed by atoms with Crippen LogP contribution in [0, 0.1) is 0 Å². The van der Waals surface area contributed by atoms with Crippen LogP contribution in [0.4, 0.5) is 5.82 Å². The highest BCUT2D eigenvalue weighted by molar-refractivity contribution is 9.09. The maximum absolute atomic E-state index is 12.2. The lowest BCUT2D eigenvalue weighted by Crippen LogP contribution is -2.07. The Hall–Kier alpha value is -1.39. The minimum Gasteiger partial charge on any atom is -0.384 e. The first-order valence-electron chi connectivity index (χ1n) is 5.23. The van der Waals surface area contributed by atoms with E-state index in [2.05, 4.69) is 20.9 Å². The van der Waals surface area contributed by atoms with Gasteiger partial charge in [-0.25, -0.2) is 4.98 Å². The Morgan fingerprint density at radius 1 is 1.28 bits per heavy atom. The molecule has 0 saturated heterocycles. The van der Waals surface area contributed by atoms with Gasteiger partial charge in [-0.15, -0.1) is 0 Å². The summed E-state index contributed by atoms with van der Waals surface area (Å²) >= 11 is 9.16. The fourth-order valence-corrected chi connectivity index (χ4v) is 2.21. The minimum absolute atomic E-state index is 0.0442. The first-order valence-corrected chi connectivity index (χ1v) is 6.52. The Balaban J connectivity index is 2.26. The van der Waals surface area contributed by atoms with E-state index in [1.807, 2.05) is 0 Å². The number of rotatable bonds is 3. The molecule has 2 N–H and O–H groups in total. The molecule has 0 fully saturated rings. The van der Waals surface area contributed by atoms with E-state index in [0.717, 1.165) is 5.56 Å². The number of benzene rings is 1. The van der Waals surface area contributed by atoms with Crippen molar-refractivity contribution in [2.45, 2.75) is 4.83 Å². The highest BCUT2D eigenvalue weighted by atomic mass is 79.9. The Bertz CT molecular complexity index is 571. The van der Waals surface area contributed by atoms with Gasteiger partial charge >= 0.3 is 0 Å². The second kappa shape index (κ2) is 5.50. The average molecular weight is 326 g/mol. The molecule has 0 spiro atoms. The van der Waals surface area contributed by atoms with Crippen LogP contribution in [0.15, 0.2) is 42.6 Å². The number of hydrogen-bond donors (Lipinski definition) is 1. The van der Waals surface area contributed by atoms with Crippen molar-refractivity contribution >= 4 is 39.1 Å². The SMILES string of the molecule is Nc1cc([C@H](Br)C(=O)c2ccc(Cl)cc2)ccn1. The molecule has 0 bridgehead atoms. The topological polar surface area (TPSA) is 56.0 Å². The molecule has 3 nitrogen and oxygen atoms in total. The van der Waals surface area contributed by atoms with Crippen molar-refractivity contribution in [3.05, 3.63) is 58.7 Å². The van der Waals surface area contributed by atoms with Crippen LogP contribution in [0.25, 0.3) is 0 Å². The molecule has 1 heterocycles. The Kier molecular flexibility index (Phi) is 3.99. The number of nitrogen functional groups attached to an aromatic ring is 1. The molecule has 0 unspecified atom stereocenters. The number of pyridine rings is 1. The van der Waals surface area contributed by atoms with Crippen molar-refractivity contribution in [2.24, 2.45) is 0 Å². The van der Waals surface area contributed by atoms with Crippen molar-refractivity contribution in [1.82, 2.24) is 4.98 Å². The lowest BCUT2D eigenvalue weighted by Gasteiger charge is -2.09. The Morgan fingerprint density at radius 3 is 2.56 bits per heavy atom. The number of carbonyl (C=O) groups excluding carboxylic acids is 1. The predicted molar refractivity (Wildman–Crippen MR) is 76.1 cm³/mol. The molecule has 1 aromatic carbocycles. The van der Waals surface area contributed by atoms with Gasteiger partial charge in [0.1, 0.15) is 10.6 Å². The van der Waals surface area contributed by atoms with E-state index in [1.54, 1.807) is 42.6 Å². The zero-order chi connectivity index (χ0) is 13.1. The molecule has 0 saturated carbocycles. The minimum atomic E-state index is -0.441. The van der Waals surface area contributed by atoms with Crippen LogP contribution in [0.1, 0.15) is 20.7 Å². The van der Waals surface area contributed by atoms with Crippen molar-refractivity contribution in [3.63, 3.8) is 0 Å². The summed E-state index contributed by atoms with van der Waals surface area (Å²) in [6, 6.07) is 10.2. The number of aromatic nitrogens is 1. The van der Waals surface area contributed by atoms with Gasteiger partial charge < -0.3 is 5.73 Å². The quantitative estimate of drug-likeness (QED) is 0.692. The number of Topliss-reactive ketones (excluding diaryl/α,β-unsaturated/α-hetero) is 1. The van der Waals surface area contributed by atoms with E-state index in [-0.39, 0.29) is 5.78 Å². The van der Waals surface area contributed by atoms with Crippen LogP contribution < -0.4 is 5.73 Å². The van der Waals surface area contributed by atoms with Crippen LogP contribution in [0.3, 0.4) is 0 Å². The number of hydrogen-bond acceptors (Lipinski definition) is 3. The third-order valence-electron chi connectivity index (χ3n) is 2.46. The first kappa shape index (κ1) is 13.1. The van der Waals surface area contributed by atoms with E-state index in [0.29, 0.717) is 16.4 Å². The lowest BCUT2D eigenvalue weighted by molar-refractivity contribution is 0.0991. The lowest BCUT2D eigenvalue weighted by atomic mass is 10.0. The number of anilines is 1. The smallest absolute Gasteiger partial charge is 0.180 e. The normalized spacial score (nSPS) is 12.1. The van der Waals surface area contributed by atoms with Gasteiger partial charge in [0.2, 0.25) is 0 Å². The number of ketones is 1. The van der Waals surface area contributed by atoms with Crippen LogP contribution >= 0.6 is 27.5 Å². The number of nitrogens with zero attached hydrogens (tertiary/aromatic N) is 1. The van der Waals surface area contributed by atoms with Gasteiger partial charge in [0.05, 0.1) is 0 Å². The van der Waals surface area contributed by atoms with E-state index in [4.69, 9.17) is 17.3 Å². The Labute approximate surface area is 118 Å². The fourth-order valence-electron chi connectivity index (χ4n) is 1.54. The summed E-state index contributed by atoms with van der Waals surface area (Å²) < 4.78 is 0. The molecule has 0 aliphatic carbocycles. The molecule has 0 amide bonds. The number of nitrogens with two attached hydrogens (primary N) is 1. The first-order chi connectivity index (χ1) is 8.58. The summed E-state index contributed by atoms with van der Waals surface area (Å²) in [5.74, 6) is 0.345. The number of halogens is 2. The van der Waals surface area contributed by atoms with Crippen LogP contribution in [-0.2, 0) is 0 Å². The molecule has 0 aliphatic rings. The van der Waals surface area contributed by atoms with Crippen LogP contribution in [0.2, 0.25) is 5.02 Å². The van der Waals surface area contributed by atoms with Crippen LogP contribution in [0.5, 0.6) is 0 Å². The maximum atomic E-state index is 12.2. The molecule has 18 heavy (non-hydrogen) atoms. The third kappa shape index (κ3) is 2.89. The summed E-state index contributed by atoms with van der Waals surface area (Å²) in [7, 11) is 0. The molecule has 0 aliphatic heterocycles. The predicted octanol–water partition coefficient (Wildman–Crippen LogP) is 3.64. The second-order valence-electron chi connectivity index (χ2n) is 3.75. The van der Waals surface area contributed by atoms with Crippen LogP contribution in [-0.4, -0.2) is 10.8 Å². The van der Waals surface area contributed by atoms with Gasteiger partial charge in [0, 0.05) is 16.8 Å². The summed E-state index contributed by atoms with van der Waals surface area (Å²) in [6.07, 6.45) is 1.58. The highest BCUT2D eigenvalue weighted by Gasteiger charge is 2.19. The molecule has 0 radical (unpaired) electrons. The van der Waals surface area contributed by atoms with Gasteiger partial charge in [-0.2, -0.15) is 0 Å². The van der Waals surface area contributed by atoms with E-state index >= 15 is 0 Å². The van der Waals surface area contributed by atoms with Gasteiger partial charge in [0.25, 0.3) is 0 Å². The monoisotopic (exact) mass is 324 g/mol. The second-order valence-corrected chi connectivity index (χ2v) is 5.10. The molecule has 1 aromatic heterocycles. The average Bonchev–Trinajstić information content (AvgIpc) is 2.38. The van der Waals surface area contributed by atoms with Crippen molar-refractivity contribution in [1.29, 1.82) is 0 Å². The molecule has 2 rings (SSSR count). The summed E-state index contributed by atoms with van der Waals surface area (Å²) in [5.41, 5.74) is 6.97. The largest absolute Gasteiger partial charge is 0.384 e. The van der Waals surface area contributed by atoms with Crippen molar-refractivity contribution in [3.8, 4) is 0 Å². The zero-order valence-electron chi connectivity index (χ0n) is 9.31. The molecule has 2 aromatic rings. The summed E-state index contributed by atoms with van der Waals surface area (Å²) in [5, 5.41) is 0.603. The van der Waals surface area contributed by atoms with Gasteiger partial charge in [-0.05, 0) is 42.0 Å². The van der Waals surface area contributed by atoms with Gasteiger partial charge in [-0.1, -0.05) is 27.5 Å². The Morgan fingerprint density at radius 2 is 1.94 bits per heavy atom. The maximum Gasteiger partial charge on any atom is 0.180 e. The third-order valence-corrected chi connectivity index (χ3v) is 3.65. The van der Waals surface area contributed by atoms with E-state index in [9.17, 15) is 4.79 Å². The summed E-state index contributed by atoms with van der Waals surface area (Å²) in [4.78, 5) is 15.7.